The van der Waals surface area contributed by atoms with E-state index in [2.05, 4.69) is 17.3 Å². The van der Waals surface area contributed by atoms with E-state index in [4.69, 9.17) is 4.74 Å². The van der Waals surface area contributed by atoms with Crippen LogP contribution in [-0.2, 0) is 9.53 Å². The van der Waals surface area contributed by atoms with Crippen molar-refractivity contribution in [3.05, 3.63) is 12.2 Å². The van der Waals surface area contributed by atoms with Gasteiger partial charge < -0.3 is 15.0 Å². The minimum absolute atomic E-state index is 0.261. The molecule has 0 bridgehead atoms. The summed E-state index contributed by atoms with van der Waals surface area (Å²) >= 11 is 0. The molecule has 0 aromatic rings. The standard InChI is InChI=1S/C11H20N2O2/c1-3-15-11(14)5-4-7-12-10-6-8-13(2)9-10/h4-5,10,12H,3,6-9H2,1-2H3/b5-4+. The van der Waals surface area contributed by atoms with Gasteiger partial charge in [0.15, 0.2) is 0 Å². The fourth-order valence-corrected chi connectivity index (χ4v) is 1.68. The van der Waals surface area contributed by atoms with E-state index in [1.54, 1.807) is 6.92 Å². The van der Waals surface area contributed by atoms with E-state index in [-0.39, 0.29) is 5.97 Å². The van der Waals surface area contributed by atoms with Gasteiger partial charge in [0.05, 0.1) is 6.61 Å². The first-order valence-electron chi connectivity index (χ1n) is 5.47. The van der Waals surface area contributed by atoms with Gasteiger partial charge in [-0.25, -0.2) is 4.79 Å². The number of hydrogen-bond donors (Lipinski definition) is 1. The van der Waals surface area contributed by atoms with Crippen LogP contribution >= 0.6 is 0 Å². The highest BCUT2D eigenvalue weighted by atomic mass is 16.5. The molecule has 0 saturated carbocycles. The summed E-state index contributed by atoms with van der Waals surface area (Å²) in [6.07, 6.45) is 4.48. The number of carbonyl (C=O) groups excluding carboxylic acids is 1. The molecule has 0 aromatic heterocycles. The molecule has 1 fully saturated rings. The Bertz CT molecular complexity index is 229. The minimum Gasteiger partial charge on any atom is -0.463 e. The van der Waals surface area contributed by atoms with Crippen LogP contribution in [0.1, 0.15) is 13.3 Å². The summed E-state index contributed by atoms with van der Waals surface area (Å²) in [5, 5.41) is 3.37. The number of esters is 1. The molecule has 0 spiro atoms. The molecule has 0 aliphatic carbocycles. The van der Waals surface area contributed by atoms with Crippen LogP contribution in [-0.4, -0.2) is 50.2 Å². The second-order valence-corrected chi connectivity index (χ2v) is 3.81. The summed E-state index contributed by atoms with van der Waals surface area (Å²) in [6.45, 7) is 5.21. The Labute approximate surface area is 91.3 Å². The highest BCUT2D eigenvalue weighted by Crippen LogP contribution is 2.05. The van der Waals surface area contributed by atoms with E-state index in [1.807, 2.05) is 6.08 Å². The molecule has 1 N–H and O–H groups in total. The molecule has 4 heteroatoms. The zero-order chi connectivity index (χ0) is 11.1. The molecule has 1 rings (SSSR count). The van der Waals surface area contributed by atoms with Gasteiger partial charge in [0.25, 0.3) is 0 Å². The first-order chi connectivity index (χ1) is 7.22. The van der Waals surface area contributed by atoms with Gasteiger partial charge in [-0.2, -0.15) is 0 Å². The third kappa shape index (κ3) is 4.95. The summed E-state index contributed by atoms with van der Waals surface area (Å²) in [6, 6.07) is 0.557. The largest absolute Gasteiger partial charge is 0.463 e. The van der Waals surface area contributed by atoms with Crippen LogP contribution in [0.4, 0.5) is 0 Å². The van der Waals surface area contributed by atoms with Crippen LogP contribution in [0.5, 0.6) is 0 Å². The Kier molecular flexibility index (Phi) is 5.36. The predicted octanol–water partition coefficient (Wildman–Crippen LogP) is 0.399. The molecule has 1 atom stereocenters. The number of likely N-dealkylation sites (N-methyl/N-ethyl adjacent to an activating group) is 1. The van der Waals surface area contributed by atoms with Gasteiger partial charge in [0, 0.05) is 25.2 Å². The molecule has 15 heavy (non-hydrogen) atoms. The summed E-state index contributed by atoms with van der Waals surface area (Å²) in [5.41, 5.74) is 0. The van der Waals surface area contributed by atoms with Gasteiger partial charge in [-0.3, -0.25) is 0 Å². The zero-order valence-electron chi connectivity index (χ0n) is 9.53. The van der Waals surface area contributed by atoms with Crippen molar-refractivity contribution < 1.29 is 9.53 Å². The molecule has 4 nitrogen and oxygen atoms in total. The first kappa shape index (κ1) is 12.2. The molecular weight excluding hydrogens is 192 g/mol. The molecule has 1 aliphatic heterocycles. The van der Waals surface area contributed by atoms with Crippen LogP contribution in [0.2, 0.25) is 0 Å². The monoisotopic (exact) mass is 212 g/mol. The van der Waals surface area contributed by atoms with Crippen LogP contribution < -0.4 is 5.32 Å². The van der Waals surface area contributed by atoms with Gasteiger partial charge in [0.2, 0.25) is 0 Å². The number of ether oxygens (including phenoxy) is 1. The van der Waals surface area contributed by atoms with Crippen molar-refractivity contribution in [1.29, 1.82) is 0 Å². The number of carbonyl (C=O) groups is 1. The topological polar surface area (TPSA) is 41.6 Å². The summed E-state index contributed by atoms with van der Waals surface area (Å²) < 4.78 is 4.77. The van der Waals surface area contributed by atoms with Gasteiger partial charge in [-0.1, -0.05) is 6.08 Å². The van der Waals surface area contributed by atoms with Gasteiger partial charge in [-0.05, 0) is 26.9 Å². The highest BCUT2D eigenvalue weighted by molar-refractivity contribution is 5.81. The van der Waals surface area contributed by atoms with Crippen molar-refractivity contribution >= 4 is 5.97 Å². The molecule has 86 valence electrons. The third-order valence-corrected chi connectivity index (χ3v) is 2.46. The van der Waals surface area contributed by atoms with Crippen molar-refractivity contribution in [2.24, 2.45) is 0 Å². The molecular formula is C11H20N2O2. The van der Waals surface area contributed by atoms with Gasteiger partial charge >= 0.3 is 5.97 Å². The Morgan fingerprint density at radius 1 is 1.67 bits per heavy atom. The Balaban J connectivity index is 2.08. The first-order valence-corrected chi connectivity index (χ1v) is 5.47. The van der Waals surface area contributed by atoms with E-state index in [0.29, 0.717) is 12.6 Å². The lowest BCUT2D eigenvalue weighted by atomic mass is 10.2. The Hall–Kier alpha value is -0.870. The van der Waals surface area contributed by atoms with Crippen LogP contribution in [0, 0.1) is 0 Å². The maximum absolute atomic E-state index is 10.9. The number of nitrogens with one attached hydrogen (secondary N) is 1. The number of likely N-dealkylation sites (tertiary alicyclic amines) is 1. The lowest BCUT2D eigenvalue weighted by Crippen LogP contribution is -2.31. The molecule has 1 aliphatic rings. The minimum atomic E-state index is -0.261. The average Bonchev–Trinajstić information content (AvgIpc) is 2.60. The smallest absolute Gasteiger partial charge is 0.330 e. The van der Waals surface area contributed by atoms with E-state index in [9.17, 15) is 4.79 Å². The second kappa shape index (κ2) is 6.58. The fourth-order valence-electron chi connectivity index (χ4n) is 1.68. The maximum Gasteiger partial charge on any atom is 0.330 e. The maximum atomic E-state index is 10.9. The Morgan fingerprint density at radius 3 is 3.07 bits per heavy atom. The van der Waals surface area contributed by atoms with Crippen LogP contribution in [0.15, 0.2) is 12.2 Å². The number of nitrogens with zero attached hydrogens (tertiary/aromatic N) is 1. The summed E-state index contributed by atoms with van der Waals surface area (Å²) in [5.74, 6) is -0.261. The molecule has 0 radical (unpaired) electrons. The fraction of sp³-hybridized carbons (Fsp3) is 0.727. The molecule has 1 saturated heterocycles. The van der Waals surface area contributed by atoms with Crippen molar-refractivity contribution in [1.82, 2.24) is 10.2 Å². The van der Waals surface area contributed by atoms with Crippen molar-refractivity contribution in [2.45, 2.75) is 19.4 Å². The summed E-state index contributed by atoms with van der Waals surface area (Å²) in [7, 11) is 2.12. The van der Waals surface area contributed by atoms with Crippen LogP contribution in [0.25, 0.3) is 0 Å². The third-order valence-electron chi connectivity index (χ3n) is 2.46. The van der Waals surface area contributed by atoms with E-state index >= 15 is 0 Å². The van der Waals surface area contributed by atoms with E-state index in [1.165, 1.54) is 12.5 Å². The van der Waals surface area contributed by atoms with Crippen molar-refractivity contribution in [3.8, 4) is 0 Å². The number of rotatable bonds is 5. The molecule has 1 heterocycles. The lowest BCUT2D eigenvalue weighted by Gasteiger charge is -2.10. The normalized spacial score (nSPS) is 22.4. The zero-order valence-corrected chi connectivity index (χ0v) is 9.53. The second-order valence-electron chi connectivity index (χ2n) is 3.81. The Morgan fingerprint density at radius 2 is 2.47 bits per heavy atom. The lowest BCUT2D eigenvalue weighted by molar-refractivity contribution is -0.137. The summed E-state index contributed by atoms with van der Waals surface area (Å²) in [4.78, 5) is 13.2. The molecule has 0 aromatic carbocycles. The van der Waals surface area contributed by atoms with E-state index < -0.39 is 0 Å². The quantitative estimate of drug-likeness (QED) is 0.529. The van der Waals surface area contributed by atoms with Gasteiger partial charge in [0.1, 0.15) is 0 Å². The SMILES string of the molecule is CCOC(=O)/C=C/CNC1CCN(C)C1. The van der Waals surface area contributed by atoms with Crippen LogP contribution in [0.3, 0.4) is 0 Å². The average molecular weight is 212 g/mol. The predicted molar refractivity (Wildman–Crippen MR) is 59.7 cm³/mol. The molecule has 0 amide bonds. The number of hydrogen-bond acceptors (Lipinski definition) is 4. The highest BCUT2D eigenvalue weighted by Gasteiger charge is 2.17. The van der Waals surface area contributed by atoms with E-state index in [0.717, 1.165) is 19.6 Å². The van der Waals surface area contributed by atoms with Crippen molar-refractivity contribution in [2.75, 3.05) is 33.3 Å². The van der Waals surface area contributed by atoms with Gasteiger partial charge in [-0.15, -0.1) is 0 Å². The van der Waals surface area contributed by atoms with Crippen molar-refractivity contribution in [3.63, 3.8) is 0 Å². The molecule has 1 unspecified atom stereocenters.